The molecule has 2 N–H and O–H groups in total. The maximum Gasteiger partial charge on any atom is 0.109 e. The summed E-state index contributed by atoms with van der Waals surface area (Å²) in [5, 5.41) is 11.0. The summed E-state index contributed by atoms with van der Waals surface area (Å²) in [5.41, 5.74) is 3.41. The van der Waals surface area contributed by atoms with E-state index in [1.54, 1.807) is 0 Å². The monoisotopic (exact) mass is 344 g/mol. The molecule has 138 valence electrons. The Morgan fingerprint density at radius 1 is 1.36 bits per heavy atom. The van der Waals surface area contributed by atoms with Crippen LogP contribution in [0.2, 0.25) is 0 Å². The summed E-state index contributed by atoms with van der Waals surface area (Å²) in [6.07, 6.45) is 4.11. The highest BCUT2D eigenvalue weighted by atomic mass is 16.5. The van der Waals surface area contributed by atoms with Crippen LogP contribution < -0.4 is 0 Å². The van der Waals surface area contributed by atoms with E-state index in [1.807, 2.05) is 0 Å². The van der Waals surface area contributed by atoms with Crippen molar-refractivity contribution >= 4 is 10.9 Å². The summed E-state index contributed by atoms with van der Waals surface area (Å²) in [7, 11) is 2.18. The number of para-hydroxylation sites is 1. The highest BCUT2D eigenvalue weighted by Gasteiger charge is 2.42. The molecule has 0 saturated carbocycles. The number of H-pyrrole nitrogens is 1. The van der Waals surface area contributed by atoms with Crippen molar-refractivity contribution in [3.8, 4) is 0 Å². The van der Waals surface area contributed by atoms with Crippen LogP contribution in [0.15, 0.2) is 24.3 Å². The molecule has 0 saturated heterocycles. The lowest BCUT2D eigenvalue weighted by Gasteiger charge is -2.42. The summed E-state index contributed by atoms with van der Waals surface area (Å²) in [6, 6.07) is 8.52. The van der Waals surface area contributed by atoms with Gasteiger partial charge in [-0.25, -0.2) is 0 Å². The first-order valence-electron chi connectivity index (χ1n) is 9.63. The highest BCUT2D eigenvalue weighted by molar-refractivity contribution is 5.85. The normalized spacial score (nSPS) is 21.6. The summed E-state index contributed by atoms with van der Waals surface area (Å²) < 4.78 is 6.37. The fourth-order valence-electron chi connectivity index (χ4n) is 4.23. The van der Waals surface area contributed by atoms with Gasteiger partial charge in [-0.05, 0) is 51.4 Å². The Morgan fingerprint density at radius 3 is 2.92 bits per heavy atom. The van der Waals surface area contributed by atoms with Gasteiger partial charge in [-0.1, -0.05) is 31.5 Å². The second kappa shape index (κ2) is 7.90. The molecule has 0 amide bonds. The van der Waals surface area contributed by atoms with E-state index in [0.717, 1.165) is 32.5 Å². The number of unbranched alkanes of at least 4 members (excludes halogenated alkanes) is 1. The number of aromatic nitrogens is 1. The van der Waals surface area contributed by atoms with Crippen LogP contribution in [0.1, 0.15) is 44.4 Å². The van der Waals surface area contributed by atoms with Gasteiger partial charge >= 0.3 is 0 Å². The number of hydrogen-bond donors (Lipinski definition) is 2. The minimum atomic E-state index is -0.379. The molecule has 1 aromatic heterocycles. The van der Waals surface area contributed by atoms with Gasteiger partial charge in [0.2, 0.25) is 0 Å². The van der Waals surface area contributed by atoms with E-state index in [0.29, 0.717) is 0 Å². The Hall–Kier alpha value is -1.36. The fourth-order valence-corrected chi connectivity index (χ4v) is 4.23. The standard InChI is InChI=1S/C21H32N2O2/c1-4-5-12-23(3)15-16(10-13-24)21(2)20-18(11-14-25-21)17-8-6-7-9-19(17)22-20/h6-9,16,22,24H,4-5,10-15H2,1-3H3. The van der Waals surface area contributed by atoms with Gasteiger partial charge in [0.05, 0.1) is 12.3 Å². The molecule has 2 unspecified atom stereocenters. The number of benzene rings is 1. The molecule has 0 fully saturated rings. The molecular weight excluding hydrogens is 312 g/mol. The van der Waals surface area contributed by atoms with Gasteiger partial charge in [0.25, 0.3) is 0 Å². The minimum Gasteiger partial charge on any atom is -0.396 e. The molecule has 0 radical (unpaired) electrons. The molecule has 1 aromatic carbocycles. The number of hydrogen-bond acceptors (Lipinski definition) is 3. The van der Waals surface area contributed by atoms with E-state index in [9.17, 15) is 5.11 Å². The Labute approximate surface area is 151 Å². The van der Waals surface area contributed by atoms with Gasteiger partial charge in [0.1, 0.15) is 5.60 Å². The van der Waals surface area contributed by atoms with Crippen LogP contribution in [-0.2, 0) is 16.8 Å². The zero-order chi connectivity index (χ0) is 17.9. The topological polar surface area (TPSA) is 48.5 Å². The Balaban J connectivity index is 1.93. The molecule has 3 rings (SSSR count). The summed E-state index contributed by atoms with van der Waals surface area (Å²) in [4.78, 5) is 6.02. The van der Waals surface area contributed by atoms with Gasteiger partial charge in [0, 0.05) is 30.0 Å². The molecule has 1 aliphatic heterocycles. The van der Waals surface area contributed by atoms with Crippen molar-refractivity contribution < 1.29 is 9.84 Å². The molecule has 4 heteroatoms. The lowest BCUT2D eigenvalue weighted by molar-refractivity contribution is -0.102. The van der Waals surface area contributed by atoms with Crippen molar-refractivity contribution in [2.45, 2.75) is 45.1 Å². The smallest absolute Gasteiger partial charge is 0.109 e. The first kappa shape index (κ1) is 18.4. The van der Waals surface area contributed by atoms with E-state index < -0.39 is 0 Å². The van der Waals surface area contributed by atoms with E-state index in [4.69, 9.17) is 4.74 Å². The van der Waals surface area contributed by atoms with Crippen LogP contribution in [0.4, 0.5) is 0 Å². The van der Waals surface area contributed by atoms with Crippen molar-refractivity contribution in [3.63, 3.8) is 0 Å². The fraction of sp³-hybridized carbons (Fsp3) is 0.619. The van der Waals surface area contributed by atoms with Gasteiger partial charge in [-0.2, -0.15) is 0 Å². The lowest BCUT2D eigenvalue weighted by Crippen LogP contribution is -2.45. The van der Waals surface area contributed by atoms with Crippen molar-refractivity contribution in [3.05, 3.63) is 35.5 Å². The molecule has 1 aliphatic rings. The maximum absolute atomic E-state index is 9.67. The third kappa shape index (κ3) is 3.62. The quantitative estimate of drug-likeness (QED) is 0.768. The SMILES string of the molecule is CCCCN(C)CC(CCO)C1(C)OCCc2c1[nH]c1ccccc21. The molecular formula is C21H32N2O2. The predicted octanol–water partition coefficient (Wildman–Crippen LogP) is 3.69. The molecule has 0 spiro atoms. The molecule has 4 nitrogen and oxygen atoms in total. The van der Waals surface area contributed by atoms with E-state index in [1.165, 1.54) is 35.0 Å². The van der Waals surface area contributed by atoms with Crippen LogP contribution >= 0.6 is 0 Å². The summed E-state index contributed by atoms with van der Waals surface area (Å²) >= 11 is 0. The molecule has 2 heterocycles. The zero-order valence-electron chi connectivity index (χ0n) is 15.8. The first-order chi connectivity index (χ1) is 12.1. The zero-order valence-corrected chi connectivity index (χ0v) is 15.8. The van der Waals surface area contributed by atoms with Crippen LogP contribution in [0.5, 0.6) is 0 Å². The van der Waals surface area contributed by atoms with Crippen molar-refractivity contribution in [2.24, 2.45) is 5.92 Å². The summed E-state index contributed by atoms with van der Waals surface area (Å²) in [6.45, 7) is 7.39. The number of fused-ring (bicyclic) bond motifs is 3. The van der Waals surface area contributed by atoms with Gasteiger partial charge in [-0.3, -0.25) is 0 Å². The van der Waals surface area contributed by atoms with Crippen LogP contribution in [0.3, 0.4) is 0 Å². The number of rotatable bonds is 8. The van der Waals surface area contributed by atoms with Gasteiger partial charge in [-0.15, -0.1) is 0 Å². The van der Waals surface area contributed by atoms with Gasteiger partial charge in [0.15, 0.2) is 0 Å². The van der Waals surface area contributed by atoms with Crippen molar-refractivity contribution in [1.29, 1.82) is 0 Å². The Bertz CT molecular complexity index is 696. The van der Waals surface area contributed by atoms with Crippen LogP contribution in [-0.4, -0.2) is 48.3 Å². The molecule has 25 heavy (non-hydrogen) atoms. The second-order valence-electron chi connectivity index (χ2n) is 7.55. The Kier molecular flexibility index (Phi) is 5.82. The third-order valence-electron chi connectivity index (χ3n) is 5.75. The maximum atomic E-state index is 9.67. The molecule has 0 aliphatic carbocycles. The number of aromatic amines is 1. The minimum absolute atomic E-state index is 0.195. The average Bonchev–Trinajstić information content (AvgIpc) is 3.00. The third-order valence-corrected chi connectivity index (χ3v) is 5.75. The number of nitrogens with one attached hydrogen (secondary N) is 1. The largest absolute Gasteiger partial charge is 0.396 e. The van der Waals surface area contributed by atoms with Crippen LogP contribution in [0, 0.1) is 5.92 Å². The van der Waals surface area contributed by atoms with Crippen molar-refractivity contribution in [1.82, 2.24) is 9.88 Å². The number of aliphatic hydroxyl groups is 1. The predicted molar refractivity (Wildman–Crippen MR) is 103 cm³/mol. The number of nitrogens with zero attached hydrogens (tertiary/aromatic N) is 1. The van der Waals surface area contributed by atoms with E-state index >= 15 is 0 Å². The summed E-state index contributed by atoms with van der Waals surface area (Å²) in [5.74, 6) is 0.256. The average molecular weight is 344 g/mol. The van der Waals surface area contributed by atoms with Crippen molar-refractivity contribution in [2.75, 3.05) is 33.4 Å². The second-order valence-corrected chi connectivity index (χ2v) is 7.55. The Morgan fingerprint density at radius 2 is 2.16 bits per heavy atom. The van der Waals surface area contributed by atoms with Gasteiger partial charge < -0.3 is 19.7 Å². The van der Waals surface area contributed by atoms with Crippen LogP contribution in [0.25, 0.3) is 10.9 Å². The number of aliphatic hydroxyl groups excluding tert-OH is 1. The van der Waals surface area contributed by atoms with E-state index in [-0.39, 0.29) is 18.1 Å². The molecule has 2 atom stereocenters. The molecule has 0 bridgehead atoms. The first-order valence-corrected chi connectivity index (χ1v) is 9.63. The number of ether oxygens (including phenoxy) is 1. The highest BCUT2D eigenvalue weighted by Crippen LogP contribution is 2.42. The lowest BCUT2D eigenvalue weighted by atomic mass is 9.79. The molecule has 2 aromatic rings. The van der Waals surface area contributed by atoms with E-state index in [2.05, 4.69) is 55.0 Å².